The van der Waals surface area contributed by atoms with Crippen LogP contribution in [0.4, 0.5) is 22.7 Å². The molecule has 4 aliphatic rings. The quantitative estimate of drug-likeness (QED) is 0.255. The molecular weight excluding hydrogens is 524 g/mol. The number of nitrogens with zero attached hydrogens (tertiary/aromatic N) is 3. The molecule has 3 aliphatic heterocycles. The van der Waals surface area contributed by atoms with E-state index in [4.69, 9.17) is 0 Å². The minimum atomic E-state index is -0.441. The van der Waals surface area contributed by atoms with E-state index in [0.717, 1.165) is 115 Å². The van der Waals surface area contributed by atoms with E-state index in [1.54, 1.807) is 6.07 Å². The summed E-state index contributed by atoms with van der Waals surface area (Å²) < 4.78 is 0. The molecule has 0 bridgehead atoms. The number of benzene rings is 3. The highest BCUT2D eigenvalue weighted by Gasteiger charge is 2.42. The van der Waals surface area contributed by atoms with Crippen LogP contribution in [-0.2, 0) is 4.79 Å². The van der Waals surface area contributed by atoms with Crippen molar-refractivity contribution in [2.75, 3.05) is 41.3 Å². The first-order valence-corrected chi connectivity index (χ1v) is 15.7. The van der Waals surface area contributed by atoms with Crippen LogP contribution >= 0.6 is 0 Å². The van der Waals surface area contributed by atoms with Crippen molar-refractivity contribution in [3.05, 3.63) is 75.3 Å². The SMILES string of the molecule is CC1(C)CC(=O)C2=C(C1)c1c(ccc3ccccc13)NC2c1cc([N+](=O)[O-])c(N2CCCCC2)cc1N1CCCCC1. The average Bonchev–Trinajstić information content (AvgIpc) is 3.00. The first-order chi connectivity index (χ1) is 20.3. The summed E-state index contributed by atoms with van der Waals surface area (Å²) in [5, 5.41) is 18.7. The Labute approximate surface area is 247 Å². The fourth-order valence-corrected chi connectivity index (χ4v) is 7.83. The number of nitro benzene ring substituents is 1. The molecule has 1 aliphatic carbocycles. The number of carbonyl (C=O) groups is 1. The third-order valence-electron chi connectivity index (χ3n) is 9.76. The highest BCUT2D eigenvalue weighted by molar-refractivity contribution is 6.13. The van der Waals surface area contributed by atoms with Crippen molar-refractivity contribution in [3.8, 4) is 0 Å². The predicted octanol–water partition coefficient (Wildman–Crippen LogP) is 8.04. The van der Waals surface area contributed by atoms with Crippen molar-refractivity contribution in [1.82, 2.24) is 0 Å². The third-order valence-corrected chi connectivity index (χ3v) is 9.76. The Bertz CT molecular complexity index is 1610. The lowest BCUT2D eigenvalue weighted by molar-refractivity contribution is -0.384. The molecule has 42 heavy (non-hydrogen) atoms. The zero-order valence-electron chi connectivity index (χ0n) is 24.7. The molecule has 1 N–H and O–H groups in total. The Hall–Kier alpha value is -3.87. The molecule has 3 aromatic carbocycles. The molecule has 2 fully saturated rings. The van der Waals surface area contributed by atoms with Gasteiger partial charge in [-0.15, -0.1) is 0 Å². The number of anilines is 3. The Kier molecular flexibility index (Phi) is 6.71. The number of nitrogens with one attached hydrogen (secondary N) is 1. The van der Waals surface area contributed by atoms with E-state index in [2.05, 4.69) is 65.4 Å². The van der Waals surface area contributed by atoms with Gasteiger partial charge in [0.05, 0.1) is 11.0 Å². The molecule has 0 spiro atoms. The molecule has 7 nitrogen and oxygen atoms in total. The Balaban J connectivity index is 1.47. The molecule has 0 radical (unpaired) electrons. The summed E-state index contributed by atoms with van der Waals surface area (Å²) in [6.07, 6.45) is 7.92. The average molecular weight is 565 g/mol. The number of ketones is 1. The fraction of sp³-hybridized carbons (Fsp3) is 0.457. The number of hydrogen-bond acceptors (Lipinski definition) is 6. The molecule has 1 atom stereocenters. The number of hydrogen-bond donors (Lipinski definition) is 1. The van der Waals surface area contributed by atoms with E-state index in [-0.39, 0.29) is 21.8 Å². The normalized spacial score (nSPS) is 22.0. The molecule has 3 aromatic rings. The van der Waals surface area contributed by atoms with Crippen LogP contribution in [-0.4, -0.2) is 36.9 Å². The zero-order chi connectivity index (χ0) is 29.0. The van der Waals surface area contributed by atoms with Gasteiger partial charge in [0.1, 0.15) is 5.69 Å². The first-order valence-electron chi connectivity index (χ1n) is 15.7. The van der Waals surface area contributed by atoms with Crippen molar-refractivity contribution in [2.45, 2.75) is 71.3 Å². The van der Waals surface area contributed by atoms with Crippen molar-refractivity contribution in [1.29, 1.82) is 0 Å². The summed E-state index contributed by atoms with van der Waals surface area (Å²) in [5.74, 6) is 0.143. The van der Waals surface area contributed by atoms with Gasteiger partial charge in [0.25, 0.3) is 5.69 Å². The summed E-state index contributed by atoms with van der Waals surface area (Å²) in [6.45, 7) is 7.87. The van der Waals surface area contributed by atoms with Crippen LogP contribution in [0.25, 0.3) is 16.3 Å². The lowest BCUT2D eigenvalue weighted by atomic mass is 9.67. The maximum atomic E-state index is 14.1. The van der Waals surface area contributed by atoms with Crippen molar-refractivity contribution in [2.24, 2.45) is 5.41 Å². The van der Waals surface area contributed by atoms with Gasteiger partial charge in [-0.2, -0.15) is 0 Å². The van der Waals surface area contributed by atoms with Gasteiger partial charge in [-0.3, -0.25) is 14.9 Å². The second-order valence-electron chi connectivity index (χ2n) is 13.4. The maximum absolute atomic E-state index is 14.1. The standard InChI is InChI=1S/C35H40N4O3/c1-35(2)21-26-32-24-12-6-5-11-23(24)13-14-27(32)36-34(33(26)31(40)22-35)25-19-30(39(41)42)29(38-17-9-4-10-18-38)20-28(25)37-15-7-3-8-16-37/h5-6,11-14,19-20,34,36H,3-4,7-10,15-18,21-22H2,1-2H3. The van der Waals surface area contributed by atoms with Crippen LogP contribution in [0, 0.1) is 15.5 Å². The Morgan fingerprint density at radius 1 is 0.857 bits per heavy atom. The van der Waals surface area contributed by atoms with Crippen LogP contribution in [0.3, 0.4) is 0 Å². The summed E-state index contributed by atoms with van der Waals surface area (Å²) in [5.41, 5.74) is 6.58. The summed E-state index contributed by atoms with van der Waals surface area (Å²) in [6, 6.07) is 16.1. The molecule has 218 valence electrons. The second kappa shape index (κ2) is 10.4. The van der Waals surface area contributed by atoms with Crippen molar-refractivity contribution < 1.29 is 9.72 Å². The zero-order valence-corrected chi connectivity index (χ0v) is 24.7. The Morgan fingerprint density at radius 3 is 2.21 bits per heavy atom. The largest absolute Gasteiger partial charge is 0.373 e. The number of rotatable bonds is 4. The van der Waals surface area contributed by atoms with Gasteiger partial charge < -0.3 is 15.1 Å². The van der Waals surface area contributed by atoms with Gasteiger partial charge in [0.2, 0.25) is 0 Å². The molecule has 0 aromatic heterocycles. The van der Waals surface area contributed by atoms with Crippen LogP contribution in [0.15, 0.2) is 54.1 Å². The second-order valence-corrected chi connectivity index (χ2v) is 13.4. The van der Waals surface area contributed by atoms with Gasteiger partial charge in [-0.05, 0) is 78.8 Å². The maximum Gasteiger partial charge on any atom is 0.293 e. The van der Waals surface area contributed by atoms with Crippen molar-refractivity contribution >= 4 is 44.9 Å². The highest BCUT2D eigenvalue weighted by atomic mass is 16.6. The van der Waals surface area contributed by atoms with Gasteiger partial charge in [0.15, 0.2) is 5.78 Å². The minimum Gasteiger partial charge on any atom is -0.373 e. The van der Waals surface area contributed by atoms with E-state index in [1.165, 1.54) is 6.42 Å². The highest BCUT2D eigenvalue weighted by Crippen LogP contribution is 2.54. The summed E-state index contributed by atoms with van der Waals surface area (Å²) in [7, 11) is 0. The van der Waals surface area contributed by atoms with Gasteiger partial charge in [-0.25, -0.2) is 0 Å². The number of carbonyl (C=O) groups excluding carboxylic acids is 1. The fourth-order valence-electron chi connectivity index (χ4n) is 7.83. The first kappa shape index (κ1) is 27.0. The Morgan fingerprint density at radius 2 is 1.52 bits per heavy atom. The topological polar surface area (TPSA) is 78.7 Å². The minimum absolute atomic E-state index is 0.143. The van der Waals surface area contributed by atoms with E-state index in [0.29, 0.717) is 6.42 Å². The molecule has 7 heteroatoms. The third kappa shape index (κ3) is 4.63. The number of nitro groups is 1. The van der Waals surface area contributed by atoms with Crippen LogP contribution in [0.1, 0.15) is 82.4 Å². The number of allylic oxidation sites excluding steroid dienone is 1. The van der Waals surface area contributed by atoms with Gasteiger partial charge >= 0.3 is 0 Å². The molecule has 7 rings (SSSR count). The van der Waals surface area contributed by atoms with E-state index in [9.17, 15) is 14.9 Å². The summed E-state index contributed by atoms with van der Waals surface area (Å²) >= 11 is 0. The van der Waals surface area contributed by atoms with E-state index in [1.807, 2.05) is 6.07 Å². The van der Waals surface area contributed by atoms with E-state index >= 15 is 0 Å². The molecule has 0 saturated carbocycles. The lowest BCUT2D eigenvalue weighted by Crippen LogP contribution is -2.36. The monoisotopic (exact) mass is 564 g/mol. The summed E-state index contributed by atoms with van der Waals surface area (Å²) in [4.78, 5) is 31.2. The van der Waals surface area contributed by atoms with E-state index < -0.39 is 6.04 Å². The van der Waals surface area contributed by atoms with Crippen molar-refractivity contribution in [3.63, 3.8) is 0 Å². The van der Waals surface area contributed by atoms with Crippen LogP contribution in [0.2, 0.25) is 0 Å². The molecular formula is C35H40N4O3. The van der Waals surface area contributed by atoms with Gasteiger partial charge in [-0.1, -0.05) is 44.2 Å². The molecule has 3 heterocycles. The predicted molar refractivity (Wildman–Crippen MR) is 170 cm³/mol. The van der Waals surface area contributed by atoms with Crippen LogP contribution in [0.5, 0.6) is 0 Å². The molecule has 1 unspecified atom stereocenters. The smallest absolute Gasteiger partial charge is 0.293 e. The molecule has 0 amide bonds. The number of fused-ring (bicyclic) bond motifs is 4. The number of piperidine rings is 2. The lowest BCUT2D eigenvalue weighted by Gasteiger charge is -2.42. The van der Waals surface area contributed by atoms with Crippen LogP contribution < -0.4 is 15.1 Å². The number of Topliss-reactive ketones (excluding diaryl/α,β-unsaturated/α-hetero) is 1. The molecule has 2 saturated heterocycles. The van der Waals surface area contributed by atoms with Gasteiger partial charge in [0, 0.05) is 66.7 Å².